The van der Waals surface area contributed by atoms with Gasteiger partial charge in [0.1, 0.15) is 11.6 Å². The summed E-state index contributed by atoms with van der Waals surface area (Å²) in [5.41, 5.74) is 0.925. The third-order valence-electron chi connectivity index (χ3n) is 4.02. The van der Waals surface area contributed by atoms with E-state index in [0.717, 1.165) is 16.2 Å². The minimum Gasteiger partial charge on any atom is -0.492 e. The van der Waals surface area contributed by atoms with Crippen molar-refractivity contribution in [2.45, 2.75) is 32.9 Å². The Kier molecular flexibility index (Phi) is 5.45. The molecule has 0 aliphatic carbocycles. The number of para-hydroxylation sites is 1. The van der Waals surface area contributed by atoms with Crippen LogP contribution < -0.4 is 4.74 Å². The van der Waals surface area contributed by atoms with Crippen LogP contribution in [0.2, 0.25) is 0 Å². The number of hydrogen-bond acceptors (Lipinski definition) is 7. The van der Waals surface area contributed by atoms with E-state index in [1.807, 2.05) is 50.1 Å². The average molecular weight is 376 g/mol. The number of nitrogens with zero attached hydrogens (tertiary/aromatic N) is 4. The number of fused-ring (bicyclic) bond motifs is 1. The fraction of sp³-hybridized carbons (Fsp3) is 0.444. The smallest absolute Gasteiger partial charge is 0.230 e. The van der Waals surface area contributed by atoms with Gasteiger partial charge in [0, 0.05) is 12.1 Å². The number of ether oxygens (including phenoxy) is 1. The predicted molar refractivity (Wildman–Crippen MR) is 101 cm³/mol. The van der Waals surface area contributed by atoms with Gasteiger partial charge < -0.3 is 14.9 Å². The molecule has 8 heteroatoms. The SMILES string of the molecule is Cc1nc2sc(C(c3ccccc3OC(C)C)N(C)CCO)c(O)n2n1. The highest BCUT2D eigenvalue weighted by Crippen LogP contribution is 2.42. The molecule has 1 atom stereocenters. The van der Waals surface area contributed by atoms with Crippen molar-refractivity contribution < 1.29 is 14.9 Å². The fourth-order valence-electron chi connectivity index (χ4n) is 2.96. The zero-order chi connectivity index (χ0) is 18.8. The summed E-state index contributed by atoms with van der Waals surface area (Å²) in [6, 6.07) is 7.49. The van der Waals surface area contributed by atoms with Crippen LogP contribution in [0.3, 0.4) is 0 Å². The molecule has 1 aromatic carbocycles. The van der Waals surface area contributed by atoms with Gasteiger partial charge in [0.15, 0.2) is 0 Å². The van der Waals surface area contributed by atoms with Gasteiger partial charge >= 0.3 is 0 Å². The summed E-state index contributed by atoms with van der Waals surface area (Å²) in [6.45, 7) is 6.22. The molecule has 0 aliphatic heterocycles. The van der Waals surface area contributed by atoms with Crippen LogP contribution in [0.15, 0.2) is 24.3 Å². The lowest BCUT2D eigenvalue weighted by molar-refractivity contribution is 0.189. The fourth-order valence-corrected chi connectivity index (χ4v) is 4.14. The van der Waals surface area contributed by atoms with Crippen LogP contribution in [0.1, 0.15) is 36.2 Å². The van der Waals surface area contributed by atoms with Crippen molar-refractivity contribution in [3.63, 3.8) is 0 Å². The average Bonchev–Trinajstić information content (AvgIpc) is 3.07. The molecule has 2 N–H and O–H groups in total. The van der Waals surface area contributed by atoms with E-state index < -0.39 is 0 Å². The first-order valence-electron chi connectivity index (χ1n) is 8.54. The van der Waals surface area contributed by atoms with Gasteiger partial charge in [0.05, 0.1) is 23.6 Å². The summed E-state index contributed by atoms with van der Waals surface area (Å²) < 4.78 is 7.45. The standard InChI is InChI=1S/C18H24N4O3S/c1-11(2)25-14-8-6-5-7-13(14)15(21(4)9-10-23)16-17(24)22-18(26-16)19-12(3)20-22/h5-8,11,15,23-24H,9-10H2,1-4H3. The van der Waals surface area contributed by atoms with Crippen molar-refractivity contribution in [1.29, 1.82) is 0 Å². The second-order valence-electron chi connectivity index (χ2n) is 6.45. The van der Waals surface area contributed by atoms with E-state index in [1.165, 1.54) is 15.9 Å². The number of likely N-dealkylation sites (N-methyl/N-ethyl adjacent to an activating group) is 1. The van der Waals surface area contributed by atoms with Crippen LogP contribution in [0.4, 0.5) is 0 Å². The predicted octanol–water partition coefficient (Wildman–Crippen LogP) is 2.61. The van der Waals surface area contributed by atoms with E-state index >= 15 is 0 Å². The number of hydrogen-bond donors (Lipinski definition) is 2. The highest BCUT2D eigenvalue weighted by molar-refractivity contribution is 7.17. The second-order valence-corrected chi connectivity index (χ2v) is 7.46. The molecule has 0 saturated heterocycles. The Balaban J connectivity index is 2.14. The highest BCUT2D eigenvalue weighted by atomic mass is 32.1. The van der Waals surface area contributed by atoms with Gasteiger partial charge in [-0.1, -0.05) is 29.5 Å². The minimum absolute atomic E-state index is 0.0147. The Morgan fingerprint density at radius 2 is 2.04 bits per heavy atom. The molecular formula is C18H24N4O3S. The maximum atomic E-state index is 10.8. The van der Waals surface area contributed by atoms with Gasteiger partial charge in [-0.2, -0.15) is 4.52 Å². The van der Waals surface area contributed by atoms with Crippen molar-refractivity contribution in [3.05, 3.63) is 40.5 Å². The van der Waals surface area contributed by atoms with Crippen molar-refractivity contribution in [3.8, 4) is 11.6 Å². The van der Waals surface area contributed by atoms with Gasteiger partial charge in [-0.25, -0.2) is 4.98 Å². The molecular weight excluding hydrogens is 352 g/mol. The summed E-state index contributed by atoms with van der Waals surface area (Å²) >= 11 is 1.39. The lowest BCUT2D eigenvalue weighted by atomic mass is 10.0. The van der Waals surface area contributed by atoms with Crippen molar-refractivity contribution >= 4 is 16.3 Å². The number of aryl methyl sites for hydroxylation is 1. The van der Waals surface area contributed by atoms with Crippen LogP contribution in [-0.2, 0) is 0 Å². The van der Waals surface area contributed by atoms with Crippen LogP contribution >= 0.6 is 11.3 Å². The number of aliphatic hydroxyl groups is 1. The molecule has 0 amide bonds. The molecule has 26 heavy (non-hydrogen) atoms. The molecule has 0 spiro atoms. The lowest BCUT2D eigenvalue weighted by Crippen LogP contribution is -2.28. The molecule has 0 aliphatic rings. The van der Waals surface area contributed by atoms with Crippen LogP contribution in [0.25, 0.3) is 4.96 Å². The van der Waals surface area contributed by atoms with E-state index in [0.29, 0.717) is 17.3 Å². The monoisotopic (exact) mass is 376 g/mol. The zero-order valence-corrected chi connectivity index (χ0v) is 16.2. The molecule has 0 saturated carbocycles. The van der Waals surface area contributed by atoms with E-state index in [4.69, 9.17) is 4.74 Å². The lowest BCUT2D eigenvalue weighted by Gasteiger charge is -2.29. The first-order valence-corrected chi connectivity index (χ1v) is 9.35. The molecule has 0 bridgehead atoms. The Morgan fingerprint density at radius 1 is 1.31 bits per heavy atom. The van der Waals surface area contributed by atoms with Crippen molar-refractivity contribution in [2.75, 3.05) is 20.2 Å². The Morgan fingerprint density at radius 3 is 2.69 bits per heavy atom. The number of aromatic hydroxyl groups is 1. The summed E-state index contributed by atoms with van der Waals surface area (Å²) in [4.78, 5) is 7.70. The largest absolute Gasteiger partial charge is 0.492 e. The summed E-state index contributed by atoms with van der Waals surface area (Å²) in [6.07, 6.45) is 0.0264. The number of benzene rings is 1. The zero-order valence-electron chi connectivity index (χ0n) is 15.4. The maximum absolute atomic E-state index is 10.8. The number of aliphatic hydroxyl groups excluding tert-OH is 1. The van der Waals surface area contributed by atoms with E-state index in [2.05, 4.69) is 10.1 Å². The van der Waals surface area contributed by atoms with Gasteiger partial charge in [-0.3, -0.25) is 4.90 Å². The van der Waals surface area contributed by atoms with Crippen LogP contribution in [-0.4, -0.2) is 56.0 Å². The summed E-state index contributed by atoms with van der Waals surface area (Å²) in [7, 11) is 1.91. The van der Waals surface area contributed by atoms with E-state index in [9.17, 15) is 10.2 Å². The maximum Gasteiger partial charge on any atom is 0.230 e. The van der Waals surface area contributed by atoms with E-state index in [-0.39, 0.29) is 24.6 Å². The molecule has 7 nitrogen and oxygen atoms in total. The number of aromatic nitrogens is 3. The molecule has 3 rings (SSSR count). The molecule has 3 aromatic rings. The Labute approximate surface area is 156 Å². The first kappa shape index (κ1) is 18.6. The normalized spacial score (nSPS) is 13.0. The number of thiazole rings is 1. The van der Waals surface area contributed by atoms with Crippen LogP contribution in [0.5, 0.6) is 11.6 Å². The van der Waals surface area contributed by atoms with Gasteiger partial charge in [0.25, 0.3) is 0 Å². The molecule has 0 fully saturated rings. The quantitative estimate of drug-likeness (QED) is 0.660. The first-order chi connectivity index (χ1) is 12.4. The minimum atomic E-state index is -0.286. The van der Waals surface area contributed by atoms with Crippen LogP contribution in [0, 0.1) is 6.92 Å². The van der Waals surface area contributed by atoms with Crippen molar-refractivity contribution in [1.82, 2.24) is 19.5 Å². The van der Waals surface area contributed by atoms with Gasteiger partial charge in [-0.15, -0.1) is 5.10 Å². The number of rotatable bonds is 7. The molecule has 140 valence electrons. The Bertz CT molecular complexity index is 890. The summed E-state index contributed by atoms with van der Waals surface area (Å²) in [5.74, 6) is 1.44. The molecule has 2 aromatic heterocycles. The molecule has 1 unspecified atom stereocenters. The van der Waals surface area contributed by atoms with E-state index in [1.54, 1.807) is 6.92 Å². The summed E-state index contributed by atoms with van der Waals surface area (Å²) in [5, 5.41) is 24.5. The third kappa shape index (κ3) is 3.53. The van der Waals surface area contributed by atoms with Crippen molar-refractivity contribution in [2.24, 2.45) is 0 Å². The van der Waals surface area contributed by atoms with Gasteiger partial charge in [-0.05, 0) is 33.9 Å². The topological polar surface area (TPSA) is 83.1 Å². The molecule has 0 radical (unpaired) electrons. The molecule has 2 heterocycles. The van der Waals surface area contributed by atoms with Gasteiger partial charge in [0.2, 0.25) is 10.8 Å². The highest BCUT2D eigenvalue weighted by Gasteiger charge is 2.29. The Hall–Kier alpha value is -2.16. The third-order valence-corrected chi connectivity index (χ3v) is 5.10. The second kappa shape index (κ2) is 7.61.